The van der Waals surface area contributed by atoms with E-state index in [-0.39, 0.29) is 23.1 Å². The minimum Gasteiger partial charge on any atom is -0.458 e. The highest BCUT2D eigenvalue weighted by atomic mass is 35.5. The molecule has 8 heteroatoms. The molecule has 0 unspecified atom stereocenters. The Morgan fingerprint density at radius 2 is 1.85 bits per heavy atom. The smallest absolute Gasteiger partial charge is 0.258 e. The van der Waals surface area contributed by atoms with E-state index in [2.05, 4.69) is 5.32 Å². The molecular formula is C19H13ClFN3O3. The first-order valence-corrected chi connectivity index (χ1v) is 8.07. The lowest BCUT2D eigenvalue weighted by atomic mass is 10.1. The van der Waals surface area contributed by atoms with Gasteiger partial charge in [-0.1, -0.05) is 29.8 Å². The van der Waals surface area contributed by atoms with Crippen LogP contribution in [0.25, 0.3) is 0 Å². The number of carbonyl (C=O) groups excluding carboxylic acids is 1. The second-order valence-electron chi connectivity index (χ2n) is 5.40. The minimum atomic E-state index is -0.632. The van der Waals surface area contributed by atoms with Crippen molar-refractivity contribution in [3.8, 4) is 0 Å². The zero-order chi connectivity index (χ0) is 19.4. The van der Waals surface area contributed by atoms with Crippen molar-refractivity contribution in [1.29, 1.82) is 10.8 Å². The van der Waals surface area contributed by atoms with Gasteiger partial charge >= 0.3 is 0 Å². The Morgan fingerprint density at radius 1 is 1.07 bits per heavy atom. The van der Waals surface area contributed by atoms with Gasteiger partial charge in [-0.25, -0.2) is 4.39 Å². The van der Waals surface area contributed by atoms with Crippen LogP contribution in [0.1, 0.15) is 21.7 Å². The van der Waals surface area contributed by atoms with Crippen molar-refractivity contribution < 1.29 is 18.3 Å². The third kappa shape index (κ3) is 4.39. The molecule has 0 atom stereocenters. The Hall–Kier alpha value is -3.45. The van der Waals surface area contributed by atoms with Gasteiger partial charge in [0.25, 0.3) is 11.8 Å². The number of hydrogen-bond acceptors (Lipinski definition) is 5. The van der Waals surface area contributed by atoms with Crippen LogP contribution in [0.3, 0.4) is 0 Å². The van der Waals surface area contributed by atoms with Crippen LogP contribution < -0.4 is 5.32 Å². The molecule has 27 heavy (non-hydrogen) atoms. The normalized spacial score (nSPS) is 10.3. The van der Waals surface area contributed by atoms with Gasteiger partial charge in [0, 0.05) is 17.3 Å². The number of hydrogen-bond donors (Lipinski definition) is 3. The molecule has 1 heterocycles. The fourth-order valence-corrected chi connectivity index (χ4v) is 2.37. The first-order valence-electron chi connectivity index (χ1n) is 7.69. The van der Waals surface area contributed by atoms with Crippen LogP contribution in [-0.4, -0.2) is 17.7 Å². The zero-order valence-electron chi connectivity index (χ0n) is 13.8. The van der Waals surface area contributed by atoms with Crippen molar-refractivity contribution in [1.82, 2.24) is 0 Å². The summed E-state index contributed by atoms with van der Waals surface area (Å²) in [5.41, 5.74) is 0.566. The van der Waals surface area contributed by atoms with Crippen LogP contribution in [0.5, 0.6) is 0 Å². The summed E-state index contributed by atoms with van der Waals surface area (Å²) in [4.78, 5) is 12.2. The molecule has 6 nitrogen and oxygen atoms in total. The van der Waals surface area contributed by atoms with Crippen molar-refractivity contribution in [2.45, 2.75) is 0 Å². The zero-order valence-corrected chi connectivity index (χ0v) is 14.5. The van der Waals surface area contributed by atoms with Gasteiger partial charge in [0.2, 0.25) is 5.90 Å². The van der Waals surface area contributed by atoms with E-state index in [4.69, 9.17) is 31.6 Å². The highest BCUT2D eigenvalue weighted by Crippen LogP contribution is 2.17. The van der Waals surface area contributed by atoms with Crippen LogP contribution in [-0.2, 0) is 4.74 Å². The second kappa shape index (κ2) is 7.84. The Bertz CT molecular complexity index is 1030. The maximum Gasteiger partial charge on any atom is 0.258 e. The summed E-state index contributed by atoms with van der Waals surface area (Å²) in [6, 6.07) is 13.2. The predicted molar refractivity (Wildman–Crippen MR) is 99.3 cm³/mol. The molecule has 1 amide bonds. The monoisotopic (exact) mass is 385 g/mol. The van der Waals surface area contributed by atoms with Gasteiger partial charge in [-0.15, -0.1) is 0 Å². The van der Waals surface area contributed by atoms with Crippen LogP contribution in [0.15, 0.2) is 65.3 Å². The molecule has 136 valence electrons. The maximum atomic E-state index is 13.7. The molecular weight excluding hydrogens is 373 g/mol. The molecule has 0 spiro atoms. The van der Waals surface area contributed by atoms with E-state index in [0.29, 0.717) is 16.3 Å². The van der Waals surface area contributed by atoms with Gasteiger partial charge in [-0.05, 0) is 30.3 Å². The molecule has 3 rings (SSSR count). The van der Waals surface area contributed by atoms with Gasteiger partial charge < -0.3 is 14.5 Å². The number of rotatable bonds is 4. The van der Waals surface area contributed by atoms with Crippen LogP contribution in [0.4, 0.5) is 10.1 Å². The predicted octanol–water partition coefficient (Wildman–Crippen LogP) is 4.69. The Kier molecular flexibility index (Phi) is 5.33. The van der Waals surface area contributed by atoms with Crippen molar-refractivity contribution in [2.75, 3.05) is 5.32 Å². The maximum absolute atomic E-state index is 13.7. The Labute approximate surface area is 158 Å². The number of anilines is 1. The van der Waals surface area contributed by atoms with Crippen LogP contribution in [0.2, 0.25) is 5.02 Å². The van der Waals surface area contributed by atoms with E-state index in [1.165, 1.54) is 36.6 Å². The fourth-order valence-electron chi connectivity index (χ4n) is 2.23. The standard InChI is InChI=1S/C19H13ClFN3O3/c20-12-9-16(26-10-12)18(23)27-17(22)11-4-3-5-13(8-11)24-19(25)14-6-1-2-7-15(14)21/h1-10,22-23H,(H,24,25). The molecule has 0 saturated heterocycles. The van der Waals surface area contributed by atoms with Gasteiger partial charge in [-0.3, -0.25) is 15.6 Å². The van der Waals surface area contributed by atoms with E-state index in [1.807, 2.05) is 0 Å². The molecule has 0 radical (unpaired) electrons. The van der Waals surface area contributed by atoms with E-state index >= 15 is 0 Å². The largest absolute Gasteiger partial charge is 0.458 e. The van der Waals surface area contributed by atoms with Gasteiger partial charge in [0.15, 0.2) is 5.76 Å². The molecule has 0 aliphatic heterocycles. The lowest BCUT2D eigenvalue weighted by molar-refractivity contribution is 0.102. The van der Waals surface area contributed by atoms with Gasteiger partial charge in [0.1, 0.15) is 12.1 Å². The Balaban J connectivity index is 1.71. The van der Waals surface area contributed by atoms with Gasteiger partial charge in [-0.2, -0.15) is 0 Å². The molecule has 2 aromatic carbocycles. The van der Waals surface area contributed by atoms with Crippen molar-refractivity contribution in [3.63, 3.8) is 0 Å². The molecule has 1 aromatic heterocycles. The van der Waals surface area contributed by atoms with Crippen LogP contribution >= 0.6 is 11.6 Å². The summed E-state index contributed by atoms with van der Waals surface area (Å²) < 4.78 is 23.9. The first-order chi connectivity index (χ1) is 12.9. The molecule has 0 bridgehead atoms. The Morgan fingerprint density at radius 3 is 2.56 bits per heavy atom. The van der Waals surface area contributed by atoms with Crippen molar-refractivity contribution >= 4 is 35.0 Å². The van der Waals surface area contributed by atoms with E-state index in [9.17, 15) is 9.18 Å². The number of amides is 1. The molecule has 0 aliphatic rings. The van der Waals surface area contributed by atoms with Crippen LogP contribution in [0, 0.1) is 16.6 Å². The average molecular weight is 386 g/mol. The summed E-state index contributed by atoms with van der Waals surface area (Å²) in [6.45, 7) is 0. The third-order valence-corrected chi connectivity index (χ3v) is 3.69. The minimum absolute atomic E-state index is 0.0776. The molecule has 0 saturated carbocycles. The van der Waals surface area contributed by atoms with Crippen molar-refractivity contribution in [3.05, 3.63) is 88.6 Å². The fraction of sp³-hybridized carbons (Fsp3) is 0. The topological polar surface area (TPSA) is 99.2 Å². The second-order valence-corrected chi connectivity index (χ2v) is 5.84. The van der Waals surface area contributed by atoms with E-state index in [0.717, 1.165) is 0 Å². The summed E-state index contributed by atoms with van der Waals surface area (Å²) in [7, 11) is 0. The number of ether oxygens (including phenoxy) is 1. The third-order valence-electron chi connectivity index (χ3n) is 3.50. The number of halogens is 2. The molecule has 3 aromatic rings. The summed E-state index contributed by atoms with van der Waals surface area (Å²) in [5.74, 6) is -1.88. The quantitative estimate of drug-likeness (QED) is 0.448. The number of carbonyl (C=O) groups is 1. The molecule has 0 fully saturated rings. The highest BCUT2D eigenvalue weighted by molar-refractivity contribution is 6.30. The summed E-state index contributed by atoms with van der Waals surface area (Å²) >= 11 is 5.72. The van der Waals surface area contributed by atoms with E-state index in [1.54, 1.807) is 24.3 Å². The average Bonchev–Trinajstić information content (AvgIpc) is 3.09. The van der Waals surface area contributed by atoms with E-state index < -0.39 is 11.7 Å². The van der Waals surface area contributed by atoms with Crippen molar-refractivity contribution in [2.24, 2.45) is 0 Å². The summed E-state index contributed by atoms with van der Waals surface area (Å²) in [5, 5.41) is 18.7. The number of furan rings is 1. The lowest BCUT2D eigenvalue weighted by Gasteiger charge is -2.09. The number of nitrogens with one attached hydrogen (secondary N) is 3. The number of benzene rings is 2. The van der Waals surface area contributed by atoms with Gasteiger partial charge in [0.05, 0.1) is 10.6 Å². The SMILES string of the molecule is N=C(OC(=N)c1cc(Cl)co1)c1cccc(NC(=O)c2ccccc2F)c1. The highest BCUT2D eigenvalue weighted by Gasteiger charge is 2.14. The first kappa shape index (κ1) is 18.3. The lowest BCUT2D eigenvalue weighted by Crippen LogP contribution is -2.15. The molecule has 3 N–H and O–H groups in total. The molecule has 0 aliphatic carbocycles. The summed E-state index contributed by atoms with van der Waals surface area (Å²) in [6.07, 6.45) is 1.25.